The van der Waals surface area contributed by atoms with Gasteiger partial charge in [-0.15, -0.1) is 0 Å². The molecule has 14 heteroatoms. The zero-order chi connectivity index (χ0) is 36.7. The van der Waals surface area contributed by atoms with Crippen molar-refractivity contribution >= 4 is 50.1 Å². The van der Waals surface area contributed by atoms with Crippen LogP contribution in [0.2, 0.25) is 0 Å². The molecular formula is C37H39FN2O10S. The maximum absolute atomic E-state index is 13.7. The number of rotatable bonds is 17. The lowest BCUT2D eigenvalue weighted by Gasteiger charge is -2.25. The molecule has 0 spiro atoms. The van der Waals surface area contributed by atoms with Gasteiger partial charge in [-0.05, 0) is 73.2 Å². The van der Waals surface area contributed by atoms with Crippen molar-refractivity contribution in [1.29, 1.82) is 0 Å². The summed E-state index contributed by atoms with van der Waals surface area (Å²) in [5.74, 6) is -2.87. The topological polar surface area (TPSA) is 162 Å². The second-order valence-electron chi connectivity index (χ2n) is 11.9. The van der Waals surface area contributed by atoms with E-state index in [1.54, 1.807) is 37.3 Å². The van der Waals surface area contributed by atoms with E-state index < -0.39 is 27.6 Å². The van der Waals surface area contributed by atoms with Crippen LogP contribution in [0, 0.1) is 5.82 Å². The molecular weight excluding hydrogens is 683 g/mol. The smallest absolute Gasteiger partial charge is 0.379 e. The first kappa shape index (κ1) is 37.2. The summed E-state index contributed by atoms with van der Waals surface area (Å²) < 4.78 is 63.4. The van der Waals surface area contributed by atoms with Gasteiger partial charge in [0.2, 0.25) is 10.0 Å². The van der Waals surface area contributed by atoms with Gasteiger partial charge in [-0.25, -0.2) is 17.6 Å². The van der Waals surface area contributed by atoms with E-state index in [2.05, 4.69) is 10.1 Å². The van der Waals surface area contributed by atoms with Crippen LogP contribution in [0.4, 0.5) is 10.1 Å². The summed E-state index contributed by atoms with van der Waals surface area (Å²) in [6.45, 7) is 2.20. The van der Waals surface area contributed by atoms with Crippen LogP contribution in [0.1, 0.15) is 52.7 Å². The number of aliphatic hydroxyl groups excluding tert-OH is 1. The minimum atomic E-state index is -3.77. The van der Waals surface area contributed by atoms with Gasteiger partial charge >= 0.3 is 5.97 Å². The van der Waals surface area contributed by atoms with Gasteiger partial charge < -0.3 is 29.1 Å². The summed E-state index contributed by atoms with van der Waals surface area (Å²) >= 11 is 0. The molecule has 5 rings (SSSR count). The molecule has 51 heavy (non-hydrogen) atoms. The zero-order valence-corrected chi connectivity index (χ0v) is 29.3. The lowest BCUT2D eigenvalue weighted by atomic mass is 10.0. The third kappa shape index (κ3) is 9.20. The van der Waals surface area contributed by atoms with Gasteiger partial charge in [0, 0.05) is 35.7 Å². The Balaban J connectivity index is 1.25. The molecule has 1 saturated carbocycles. The van der Waals surface area contributed by atoms with Crippen molar-refractivity contribution in [3.05, 3.63) is 94.8 Å². The number of aliphatic hydroxyl groups is 1. The van der Waals surface area contributed by atoms with Crippen molar-refractivity contribution in [2.45, 2.75) is 32.3 Å². The predicted molar refractivity (Wildman–Crippen MR) is 188 cm³/mol. The van der Waals surface area contributed by atoms with Crippen molar-refractivity contribution < 1.29 is 50.9 Å². The van der Waals surface area contributed by atoms with Crippen LogP contribution in [0.3, 0.4) is 0 Å². The van der Waals surface area contributed by atoms with Crippen molar-refractivity contribution in [3.8, 4) is 11.3 Å². The van der Waals surface area contributed by atoms with Crippen LogP contribution < -0.4 is 9.62 Å². The van der Waals surface area contributed by atoms with Crippen LogP contribution in [-0.4, -0.2) is 77.5 Å². The fourth-order valence-electron chi connectivity index (χ4n) is 5.55. The van der Waals surface area contributed by atoms with Crippen molar-refractivity contribution in [3.63, 3.8) is 0 Å². The molecule has 0 aliphatic heterocycles. The summed E-state index contributed by atoms with van der Waals surface area (Å²) in [4.78, 5) is 36.5. The Kier molecular flexibility index (Phi) is 11.9. The number of carbonyl (C=O) groups is 3. The van der Waals surface area contributed by atoms with Gasteiger partial charge in [-0.2, -0.15) is 0 Å². The quantitative estimate of drug-likeness (QED) is 0.0468. The number of halogens is 1. The lowest BCUT2D eigenvalue weighted by Crippen LogP contribution is -2.34. The molecule has 1 fully saturated rings. The standard InChI is InChI=1S/C37H39FN2O10S/c1-4-49-37(44)32(42)21-31(41)26-7-5-6-23(18-26)22-48-17-16-47-15-14-40(51(3,45)46)30-20-33-29(19-28(30)24-8-9-24)34(36(43)39-2)35(50-33)25-10-12-27(38)13-11-25/h5-7,10-13,18-21,24,41H,4,8-9,14-17,22H2,1-3H3,(H,39,43). The average Bonchev–Trinajstić information content (AvgIpc) is 3.88. The first-order chi connectivity index (χ1) is 24.4. The maximum Gasteiger partial charge on any atom is 0.379 e. The van der Waals surface area contributed by atoms with Crippen LogP contribution in [0.15, 0.2) is 71.2 Å². The Bertz CT molecular complexity index is 2050. The van der Waals surface area contributed by atoms with Crippen molar-refractivity contribution in [1.82, 2.24) is 5.32 Å². The van der Waals surface area contributed by atoms with Crippen LogP contribution in [0.25, 0.3) is 28.1 Å². The second-order valence-corrected chi connectivity index (χ2v) is 13.8. The molecule has 1 heterocycles. The number of anilines is 1. The summed E-state index contributed by atoms with van der Waals surface area (Å²) in [6, 6.07) is 15.7. The highest BCUT2D eigenvalue weighted by molar-refractivity contribution is 7.92. The van der Waals surface area contributed by atoms with Gasteiger partial charge in [0.1, 0.15) is 22.9 Å². The Morgan fingerprint density at radius 3 is 2.43 bits per heavy atom. The number of ether oxygens (including phenoxy) is 3. The molecule has 12 nitrogen and oxygen atoms in total. The normalized spacial score (nSPS) is 13.3. The highest BCUT2D eigenvalue weighted by Gasteiger charge is 2.33. The highest BCUT2D eigenvalue weighted by atomic mass is 32.2. The summed E-state index contributed by atoms with van der Waals surface area (Å²) in [7, 11) is -2.26. The minimum absolute atomic E-state index is 0.00999. The minimum Gasteiger partial charge on any atom is -0.507 e. The van der Waals surface area contributed by atoms with Gasteiger partial charge in [-0.3, -0.25) is 13.9 Å². The lowest BCUT2D eigenvalue weighted by molar-refractivity contribution is -0.151. The molecule has 3 aromatic carbocycles. The molecule has 0 saturated heterocycles. The van der Waals surface area contributed by atoms with Gasteiger partial charge in [0.25, 0.3) is 11.7 Å². The first-order valence-corrected chi connectivity index (χ1v) is 18.2. The third-order valence-electron chi connectivity index (χ3n) is 8.13. The molecule has 1 aliphatic rings. The SMILES string of the molecule is CCOC(=O)C(=O)C=C(O)c1cccc(COCCOCCN(c2cc3oc(-c4ccc(F)cc4)c(C(=O)NC)c3cc2C2CC2)S(C)(=O)=O)c1. The number of fused-ring (bicyclic) bond motifs is 1. The van der Waals surface area contributed by atoms with Crippen LogP contribution in [-0.2, 0) is 40.4 Å². The van der Waals surface area contributed by atoms with E-state index in [9.17, 15) is 32.3 Å². The van der Waals surface area contributed by atoms with Crippen molar-refractivity contribution in [2.24, 2.45) is 0 Å². The highest BCUT2D eigenvalue weighted by Crippen LogP contribution is 2.48. The Morgan fingerprint density at radius 2 is 1.76 bits per heavy atom. The van der Waals surface area contributed by atoms with Gasteiger partial charge in [0.15, 0.2) is 0 Å². The van der Waals surface area contributed by atoms with Crippen LogP contribution in [0.5, 0.6) is 0 Å². The molecule has 1 aliphatic carbocycles. The molecule has 1 aromatic heterocycles. The zero-order valence-electron chi connectivity index (χ0n) is 28.4. The number of sulfonamides is 1. The number of ketones is 1. The number of hydrogen-bond acceptors (Lipinski definition) is 10. The molecule has 270 valence electrons. The Morgan fingerprint density at radius 1 is 1.04 bits per heavy atom. The van der Waals surface area contributed by atoms with Gasteiger partial charge in [-0.1, -0.05) is 18.2 Å². The molecule has 0 bridgehead atoms. The third-order valence-corrected chi connectivity index (χ3v) is 9.31. The average molecular weight is 723 g/mol. The maximum atomic E-state index is 13.7. The predicted octanol–water partition coefficient (Wildman–Crippen LogP) is 5.51. The summed E-state index contributed by atoms with van der Waals surface area (Å²) in [5.41, 5.74) is 3.34. The second kappa shape index (κ2) is 16.3. The van der Waals surface area contributed by atoms with E-state index in [0.29, 0.717) is 33.3 Å². The van der Waals surface area contributed by atoms with E-state index in [0.717, 1.165) is 30.7 Å². The molecule has 4 aromatic rings. The van der Waals surface area contributed by atoms with E-state index in [1.165, 1.54) is 35.6 Å². The number of nitrogens with one attached hydrogen (secondary N) is 1. The fraction of sp³-hybridized carbons (Fsp3) is 0.324. The first-order valence-electron chi connectivity index (χ1n) is 16.3. The number of hydrogen-bond donors (Lipinski definition) is 2. The van der Waals surface area contributed by atoms with Gasteiger partial charge in [0.05, 0.1) is 57.1 Å². The van der Waals surface area contributed by atoms with E-state index in [-0.39, 0.29) is 68.5 Å². The molecule has 2 N–H and O–H groups in total. The van der Waals surface area contributed by atoms with E-state index >= 15 is 0 Å². The molecule has 0 unspecified atom stereocenters. The monoisotopic (exact) mass is 722 g/mol. The number of nitrogens with zero attached hydrogens (tertiary/aromatic N) is 1. The van der Waals surface area contributed by atoms with E-state index in [4.69, 9.17) is 13.9 Å². The van der Waals surface area contributed by atoms with Crippen LogP contribution >= 0.6 is 0 Å². The fourth-order valence-corrected chi connectivity index (χ4v) is 6.47. The largest absolute Gasteiger partial charge is 0.507 e. The number of carbonyl (C=O) groups excluding carboxylic acids is 3. The molecule has 1 amide bonds. The van der Waals surface area contributed by atoms with E-state index in [1.807, 2.05) is 6.07 Å². The summed E-state index contributed by atoms with van der Waals surface area (Å²) in [6.07, 6.45) is 3.66. The van der Waals surface area contributed by atoms with Crippen molar-refractivity contribution in [2.75, 3.05) is 50.6 Å². The Hall–Kier alpha value is -5.05. The number of amides is 1. The molecule has 0 radical (unpaired) electrons. The summed E-state index contributed by atoms with van der Waals surface area (Å²) in [5, 5.41) is 13.5. The number of furan rings is 1. The number of benzene rings is 3. The number of esters is 1. The Labute approximate surface area is 294 Å². The molecule has 0 atom stereocenters.